The highest BCUT2D eigenvalue weighted by molar-refractivity contribution is 5.79. The van der Waals surface area contributed by atoms with Crippen LogP contribution in [-0.2, 0) is 18.3 Å². The molecule has 22 heavy (non-hydrogen) atoms. The third-order valence-corrected chi connectivity index (χ3v) is 3.48. The molecule has 0 atom stereocenters. The number of methoxy groups -OCH3 is 1. The standard InChI is InChI=1S/C15H30N6O/c1-5-6-7-8-9-16-15(17-10-11-22-4)18-12-14-20-19-13(2)21(14)3/h5-12H2,1-4H3,(H2,16,17,18). The van der Waals surface area contributed by atoms with Crippen molar-refractivity contribution in [1.29, 1.82) is 0 Å². The monoisotopic (exact) mass is 310 g/mol. The van der Waals surface area contributed by atoms with E-state index in [1.807, 2.05) is 18.5 Å². The molecule has 1 rings (SSSR count). The molecular weight excluding hydrogens is 280 g/mol. The number of aryl methyl sites for hydroxylation is 1. The van der Waals surface area contributed by atoms with Crippen LogP contribution in [0.15, 0.2) is 4.99 Å². The van der Waals surface area contributed by atoms with Crippen LogP contribution in [0.1, 0.15) is 44.3 Å². The molecule has 0 aliphatic carbocycles. The van der Waals surface area contributed by atoms with E-state index in [-0.39, 0.29) is 0 Å². The largest absolute Gasteiger partial charge is 0.383 e. The van der Waals surface area contributed by atoms with Crippen molar-refractivity contribution in [3.8, 4) is 0 Å². The molecule has 7 heteroatoms. The van der Waals surface area contributed by atoms with Crippen LogP contribution in [0, 0.1) is 6.92 Å². The molecule has 0 aromatic carbocycles. The van der Waals surface area contributed by atoms with E-state index in [0.29, 0.717) is 13.2 Å². The summed E-state index contributed by atoms with van der Waals surface area (Å²) in [6, 6.07) is 0. The zero-order valence-corrected chi connectivity index (χ0v) is 14.4. The fourth-order valence-corrected chi connectivity index (χ4v) is 1.94. The zero-order chi connectivity index (χ0) is 16.2. The lowest BCUT2D eigenvalue weighted by molar-refractivity contribution is 0.203. The normalized spacial score (nSPS) is 11.7. The van der Waals surface area contributed by atoms with Gasteiger partial charge < -0.3 is 19.9 Å². The van der Waals surface area contributed by atoms with Gasteiger partial charge in [-0.3, -0.25) is 0 Å². The second-order valence-electron chi connectivity index (χ2n) is 5.29. The average Bonchev–Trinajstić information content (AvgIpc) is 2.83. The summed E-state index contributed by atoms with van der Waals surface area (Å²) in [4.78, 5) is 4.57. The van der Waals surface area contributed by atoms with Crippen molar-refractivity contribution in [2.75, 3.05) is 26.8 Å². The Morgan fingerprint density at radius 2 is 1.95 bits per heavy atom. The van der Waals surface area contributed by atoms with Crippen LogP contribution in [0.25, 0.3) is 0 Å². The first kappa shape index (κ1) is 18.4. The molecule has 0 fully saturated rings. The van der Waals surface area contributed by atoms with Gasteiger partial charge in [-0.2, -0.15) is 0 Å². The molecule has 2 N–H and O–H groups in total. The maximum Gasteiger partial charge on any atom is 0.191 e. The minimum absolute atomic E-state index is 0.509. The van der Waals surface area contributed by atoms with E-state index in [1.165, 1.54) is 19.3 Å². The summed E-state index contributed by atoms with van der Waals surface area (Å²) in [7, 11) is 3.65. The first-order valence-electron chi connectivity index (χ1n) is 8.05. The van der Waals surface area contributed by atoms with Crippen LogP contribution in [0.3, 0.4) is 0 Å². The summed E-state index contributed by atoms with van der Waals surface area (Å²) < 4.78 is 7.02. The number of rotatable bonds is 10. The number of hydrogen-bond donors (Lipinski definition) is 2. The van der Waals surface area contributed by atoms with E-state index in [1.54, 1.807) is 7.11 Å². The van der Waals surface area contributed by atoms with Gasteiger partial charge in [-0.15, -0.1) is 10.2 Å². The Morgan fingerprint density at radius 3 is 2.59 bits per heavy atom. The van der Waals surface area contributed by atoms with Gasteiger partial charge in [0.25, 0.3) is 0 Å². The van der Waals surface area contributed by atoms with E-state index in [9.17, 15) is 0 Å². The van der Waals surface area contributed by atoms with Crippen molar-refractivity contribution < 1.29 is 4.74 Å². The fourth-order valence-electron chi connectivity index (χ4n) is 1.94. The SMILES string of the molecule is CCCCCCNC(=NCc1nnc(C)n1C)NCCOC. The highest BCUT2D eigenvalue weighted by Gasteiger charge is 2.04. The second kappa shape index (κ2) is 11.0. The Bertz CT molecular complexity index is 443. The first-order valence-corrected chi connectivity index (χ1v) is 8.05. The van der Waals surface area contributed by atoms with Crippen molar-refractivity contribution in [3.05, 3.63) is 11.6 Å². The molecule has 0 aliphatic heterocycles. The molecule has 1 aromatic rings. The third kappa shape index (κ3) is 6.89. The lowest BCUT2D eigenvalue weighted by Gasteiger charge is -2.12. The van der Waals surface area contributed by atoms with Gasteiger partial charge >= 0.3 is 0 Å². The Morgan fingerprint density at radius 1 is 1.18 bits per heavy atom. The fraction of sp³-hybridized carbons (Fsp3) is 0.800. The summed E-state index contributed by atoms with van der Waals surface area (Å²) in [5.74, 6) is 2.55. The number of guanidine groups is 1. The lowest BCUT2D eigenvalue weighted by atomic mass is 10.2. The van der Waals surface area contributed by atoms with Crippen molar-refractivity contribution in [2.45, 2.75) is 46.1 Å². The Labute approximate surface area is 133 Å². The van der Waals surface area contributed by atoms with E-state index in [4.69, 9.17) is 4.74 Å². The molecule has 1 aromatic heterocycles. The lowest BCUT2D eigenvalue weighted by Crippen LogP contribution is -2.39. The van der Waals surface area contributed by atoms with Crippen molar-refractivity contribution >= 4 is 5.96 Å². The van der Waals surface area contributed by atoms with Crippen LogP contribution in [0.5, 0.6) is 0 Å². The van der Waals surface area contributed by atoms with Gasteiger partial charge in [-0.1, -0.05) is 26.2 Å². The van der Waals surface area contributed by atoms with Gasteiger partial charge in [0.05, 0.1) is 6.61 Å². The van der Waals surface area contributed by atoms with Crippen molar-refractivity contribution in [2.24, 2.45) is 12.0 Å². The predicted octanol–water partition coefficient (Wildman–Crippen LogP) is 1.39. The Balaban J connectivity index is 2.48. The van der Waals surface area contributed by atoms with Gasteiger partial charge in [0.15, 0.2) is 11.8 Å². The van der Waals surface area contributed by atoms with E-state index < -0.39 is 0 Å². The summed E-state index contributed by atoms with van der Waals surface area (Å²) in [5, 5.41) is 14.8. The summed E-state index contributed by atoms with van der Waals surface area (Å²) in [6.07, 6.45) is 4.93. The van der Waals surface area contributed by atoms with Gasteiger partial charge in [-0.25, -0.2) is 4.99 Å². The number of ether oxygens (including phenoxy) is 1. The van der Waals surface area contributed by atoms with Gasteiger partial charge in [-0.05, 0) is 13.3 Å². The minimum Gasteiger partial charge on any atom is -0.383 e. The predicted molar refractivity (Wildman–Crippen MR) is 88.9 cm³/mol. The smallest absolute Gasteiger partial charge is 0.191 e. The molecule has 0 radical (unpaired) electrons. The Hall–Kier alpha value is -1.63. The molecule has 0 unspecified atom stereocenters. The quantitative estimate of drug-likeness (QED) is 0.388. The number of hydrogen-bond acceptors (Lipinski definition) is 4. The van der Waals surface area contributed by atoms with E-state index in [0.717, 1.165) is 37.1 Å². The molecule has 0 aliphatic rings. The van der Waals surface area contributed by atoms with Crippen LogP contribution in [0.4, 0.5) is 0 Å². The Kier molecular flexibility index (Phi) is 9.21. The number of aromatic nitrogens is 3. The number of unbranched alkanes of at least 4 members (excludes halogenated alkanes) is 3. The van der Waals surface area contributed by atoms with Gasteiger partial charge in [0.1, 0.15) is 12.4 Å². The van der Waals surface area contributed by atoms with Crippen LogP contribution in [-0.4, -0.2) is 47.5 Å². The van der Waals surface area contributed by atoms with Crippen LogP contribution < -0.4 is 10.6 Å². The molecule has 0 saturated heterocycles. The minimum atomic E-state index is 0.509. The van der Waals surface area contributed by atoms with Crippen LogP contribution in [0.2, 0.25) is 0 Å². The molecule has 7 nitrogen and oxygen atoms in total. The summed E-state index contributed by atoms with van der Waals surface area (Å²) in [6.45, 7) is 6.97. The van der Waals surface area contributed by atoms with Crippen molar-refractivity contribution in [3.63, 3.8) is 0 Å². The maximum absolute atomic E-state index is 5.06. The molecule has 0 spiro atoms. The third-order valence-electron chi connectivity index (χ3n) is 3.48. The van der Waals surface area contributed by atoms with E-state index in [2.05, 4.69) is 32.7 Å². The number of aliphatic imine (C=N–C) groups is 1. The molecule has 0 saturated carbocycles. The van der Waals surface area contributed by atoms with Crippen molar-refractivity contribution in [1.82, 2.24) is 25.4 Å². The maximum atomic E-state index is 5.06. The summed E-state index contributed by atoms with van der Waals surface area (Å²) >= 11 is 0. The molecule has 0 amide bonds. The topological polar surface area (TPSA) is 76.4 Å². The second-order valence-corrected chi connectivity index (χ2v) is 5.29. The first-order chi connectivity index (χ1) is 10.7. The van der Waals surface area contributed by atoms with Gasteiger partial charge in [0.2, 0.25) is 0 Å². The van der Waals surface area contributed by atoms with E-state index >= 15 is 0 Å². The molecular formula is C15H30N6O. The number of nitrogens with zero attached hydrogens (tertiary/aromatic N) is 4. The average molecular weight is 310 g/mol. The molecule has 0 bridgehead atoms. The number of nitrogens with one attached hydrogen (secondary N) is 2. The van der Waals surface area contributed by atoms with Gasteiger partial charge in [0, 0.05) is 27.2 Å². The molecule has 126 valence electrons. The zero-order valence-electron chi connectivity index (χ0n) is 14.4. The summed E-state index contributed by atoms with van der Waals surface area (Å²) in [5.41, 5.74) is 0. The molecule has 1 heterocycles. The van der Waals surface area contributed by atoms with Crippen LogP contribution >= 0.6 is 0 Å². The highest BCUT2D eigenvalue weighted by Crippen LogP contribution is 1.99. The highest BCUT2D eigenvalue weighted by atomic mass is 16.5.